The summed E-state index contributed by atoms with van der Waals surface area (Å²) in [6, 6.07) is 9.27. The van der Waals surface area contributed by atoms with Crippen LogP contribution in [-0.2, 0) is 37.0 Å². The molecule has 0 heterocycles. The van der Waals surface area contributed by atoms with Gasteiger partial charge in [0, 0.05) is 0 Å². The molecule has 3 heteroatoms. The summed E-state index contributed by atoms with van der Waals surface area (Å²) in [4.78, 5) is 0. The van der Waals surface area contributed by atoms with Gasteiger partial charge in [-0.25, -0.2) is 12.1 Å². The molecule has 188 valence electrons. The van der Waals surface area contributed by atoms with Crippen LogP contribution in [0.25, 0.3) is 0 Å². The molecular weight excluding hydrogens is 522 g/mol. The summed E-state index contributed by atoms with van der Waals surface area (Å²) in [6.45, 7) is 22.9. The molecule has 0 aliphatic carbocycles. The third-order valence-corrected chi connectivity index (χ3v) is 8.30. The summed E-state index contributed by atoms with van der Waals surface area (Å²) >= 11 is 0. The van der Waals surface area contributed by atoms with Crippen molar-refractivity contribution < 1.29 is 51.0 Å². The predicted octanol–water partition coefficient (Wildman–Crippen LogP) is 3.77. The van der Waals surface area contributed by atoms with E-state index in [9.17, 15) is 0 Å². The Morgan fingerprint density at radius 2 is 0.879 bits per heavy atom. The van der Waals surface area contributed by atoms with Gasteiger partial charge in [-0.05, 0) is 0 Å². The van der Waals surface area contributed by atoms with Crippen LogP contribution in [0.2, 0.25) is 0 Å². The third-order valence-electron chi connectivity index (χ3n) is 8.30. The quantitative estimate of drug-likeness (QED) is 0.381. The Balaban J connectivity index is -0.000000500. The van der Waals surface area contributed by atoms with E-state index in [2.05, 4.69) is 93.5 Å². The van der Waals surface area contributed by atoms with Crippen molar-refractivity contribution in [3.05, 3.63) is 57.6 Å². The maximum atomic E-state index is 2.35. The molecule has 0 nitrogen and oxygen atoms in total. The molecular formula is C30H50Cl2Zr. The van der Waals surface area contributed by atoms with E-state index in [0.29, 0.717) is 10.8 Å². The number of hydrogen-bond acceptors (Lipinski definition) is 0. The minimum atomic E-state index is 0. The van der Waals surface area contributed by atoms with Crippen molar-refractivity contribution in [2.24, 2.45) is 0 Å². The molecule has 0 fully saturated rings. The molecule has 0 radical (unpaired) electrons. The minimum Gasteiger partial charge on any atom is -1.00 e. The van der Waals surface area contributed by atoms with E-state index < -0.39 is 0 Å². The van der Waals surface area contributed by atoms with Gasteiger partial charge in [-0.15, -0.1) is 0 Å². The van der Waals surface area contributed by atoms with Crippen LogP contribution in [0.15, 0.2) is 24.3 Å². The summed E-state index contributed by atoms with van der Waals surface area (Å²) in [7, 11) is 0. The Morgan fingerprint density at radius 3 is 1.03 bits per heavy atom. The molecule has 0 saturated carbocycles. The largest absolute Gasteiger partial charge is 4.00 e. The number of aryl methyl sites for hydroxylation is 2. The zero-order valence-corrected chi connectivity index (χ0v) is 27.2. The van der Waals surface area contributed by atoms with Gasteiger partial charge in [0.2, 0.25) is 0 Å². The first-order valence-corrected chi connectivity index (χ1v) is 12.7. The average molecular weight is 573 g/mol. The predicted molar refractivity (Wildman–Crippen MR) is 137 cm³/mol. The Labute approximate surface area is 238 Å². The van der Waals surface area contributed by atoms with Gasteiger partial charge in [0.15, 0.2) is 0 Å². The monoisotopic (exact) mass is 570 g/mol. The zero-order valence-electron chi connectivity index (χ0n) is 23.2. The van der Waals surface area contributed by atoms with E-state index in [1.54, 1.807) is 11.1 Å². The van der Waals surface area contributed by atoms with Crippen molar-refractivity contribution in [3.8, 4) is 0 Å². The van der Waals surface area contributed by atoms with Crippen LogP contribution in [0.5, 0.6) is 0 Å². The van der Waals surface area contributed by atoms with Crippen molar-refractivity contribution in [1.82, 2.24) is 0 Å². The van der Waals surface area contributed by atoms with Crippen molar-refractivity contribution in [2.75, 3.05) is 0 Å². The summed E-state index contributed by atoms with van der Waals surface area (Å²) in [5.74, 6) is 0. The first-order chi connectivity index (χ1) is 14.2. The molecule has 33 heavy (non-hydrogen) atoms. The second-order valence-corrected chi connectivity index (χ2v) is 9.58. The molecule has 0 N–H and O–H groups in total. The smallest absolute Gasteiger partial charge is 1.00 e. The van der Waals surface area contributed by atoms with Crippen LogP contribution in [0.1, 0.15) is 126 Å². The molecule has 2 aromatic carbocycles. The van der Waals surface area contributed by atoms with Gasteiger partial charge in [0.1, 0.15) is 0 Å². The van der Waals surface area contributed by atoms with Crippen LogP contribution in [0.3, 0.4) is 0 Å². The van der Waals surface area contributed by atoms with Crippen molar-refractivity contribution >= 4 is 0 Å². The number of hydrogen-bond donors (Lipinski definition) is 0. The topological polar surface area (TPSA) is 0 Å². The third kappa shape index (κ3) is 8.65. The Kier molecular flexibility index (Phi) is 20.1. The van der Waals surface area contributed by atoms with Gasteiger partial charge in [-0.2, -0.15) is 45.5 Å². The molecule has 0 bridgehead atoms. The van der Waals surface area contributed by atoms with Crippen LogP contribution < -0.4 is 24.8 Å². The molecule has 0 aliphatic rings. The number of halogens is 2. The fourth-order valence-corrected chi connectivity index (χ4v) is 5.69. The molecule has 0 unspecified atom stereocenters. The van der Waals surface area contributed by atoms with Crippen molar-refractivity contribution in [2.45, 2.75) is 131 Å². The van der Waals surface area contributed by atoms with Gasteiger partial charge < -0.3 is 24.8 Å². The van der Waals surface area contributed by atoms with E-state index in [0.717, 1.165) is 0 Å². The van der Waals surface area contributed by atoms with Crippen molar-refractivity contribution in [3.63, 3.8) is 0 Å². The van der Waals surface area contributed by atoms with E-state index >= 15 is 0 Å². The van der Waals surface area contributed by atoms with E-state index in [1.807, 2.05) is 0 Å². The first kappa shape index (κ1) is 37.7. The average Bonchev–Trinajstić information content (AvgIpc) is 3.27. The van der Waals surface area contributed by atoms with Gasteiger partial charge >= 0.3 is 26.2 Å². The van der Waals surface area contributed by atoms with Gasteiger partial charge in [0.25, 0.3) is 0 Å². The molecule has 0 aliphatic heterocycles. The van der Waals surface area contributed by atoms with Gasteiger partial charge in [-0.1, -0.05) is 131 Å². The van der Waals surface area contributed by atoms with E-state index in [1.165, 1.54) is 73.6 Å². The Bertz CT molecular complexity index is 681. The fourth-order valence-electron chi connectivity index (χ4n) is 5.69. The second kappa shape index (κ2) is 17.6. The number of rotatable bonds is 10. The van der Waals surface area contributed by atoms with Crippen LogP contribution in [0.4, 0.5) is 0 Å². The molecule has 2 aromatic rings. The molecule has 0 aromatic heterocycles. The molecule has 0 spiro atoms. The summed E-state index contributed by atoms with van der Waals surface area (Å²) in [5, 5.41) is 0. The zero-order chi connectivity index (χ0) is 22.9. The summed E-state index contributed by atoms with van der Waals surface area (Å²) < 4.78 is 0. The van der Waals surface area contributed by atoms with Crippen molar-refractivity contribution in [1.29, 1.82) is 0 Å². The van der Waals surface area contributed by atoms with Gasteiger partial charge in [0.05, 0.1) is 0 Å². The summed E-state index contributed by atoms with van der Waals surface area (Å²) in [6.07, 6.45) is 10.3. The van der Waals surface area contributed by atoms with Crippen LogP contribution >= 0.6 is 0 Å². The fraction of sp³-hybridized carbons (Fsp3) is 0.667. The molecule has 0 atom stereocenters. The Hall–Kier alpha value is 0.163. The van der Waals surface area contributed by atoms with E-state index in [-0.39, 0.29) is 51.0 Å². The summed E-state index contributed by atoms with van der Waals surface area (Å²) in [5.41, 5.74) is 10.0. The maximum Gasteiger partial charge on any atom is 4.00 e. The van der Waals surface area contributed by atoms with Crippen LogP contribution in [0, 0.1) is 27.7 Å². The minimum absolute atomic E-state index is 0. The maximum absolute atomic E-state index is 2.35. The standard InChI is InChI=1S/2C15H25.2ClH.Zr/c2*1-6-11-15(7-2,8-3)14-10-9-12(4)13(14)5;;;/h2*9-10H,6-8,11H2,1-5H3;2*1H;/q2*-1;;;+4/p-2. The first-order valence-electron chi connectivity index (χ1n) is 12.7. The normalized spacial score (nSPS) is 11.0. The van der Waals surface area contributed by atoms with Crippen LogP contribution in [-0.4, -0.2) is 0 Å². The van der Waals surface area contributed by atoms with Gasteiger partial charge in [-0.3, -0.25) is 0 Å². The SMILES string of the molecule is CCCC(CC)(CC)c1cc[c-](C)c1C.CCCC(CC)(CC)c1cc[c-](C)c1C.[Cl-].[Cl-].[Zr+4]. The van der Waals surface area contributed by atoms with E-state index in [4.69, 9.17) is 0 Å². The molecule has 2 rings (SSSR count). The molecule has 0 saturated heterocycles. The Morgan fingerprint density at radius 1 is 0.606 bits per heavy atom. The molecule has 0 amide bonds. The second-order valence-electron chi connectivity index (χ2n) is 9.58.